The molecule has 0 aliphatic carbocycles. The summed E-state index contributed by atoms with van der Waals surface area (Å²) < 4.78 is 5.23. The molecule has 0 fully saturated rings. The summed E-state index contributed by atoms with van der Waals surface area (Å²) in [5.74, 6) is 0. The van der Waals surface area contributed by atoms with Crippen LogP contribution < -0.4 is 5.32 Å². The smallest absolute Gasteiger partial charge is 0.0657 e. The van der Waals surface area contributed by atoms with Crippen LogP contribution in [0.5, 0.6) is 0 Å². The highest BCUT2D eigenvalue weighted by atomic mass is 16.5. The van der Waals surface area contributed by atoms with Crippen LogP contribution in [0, 0.1) is 0 Å². The Bertz CT molecular complexity index is 283. The predicted octanol–water partition coefficient (Wildman–Crippen LogP) is 1.94. The Hall–Kier alpha value is -0.930. The Balaban J connectivity index is 2.88. The fourth-order valence-electron chi connectivity index (χ4n) is 1.74. The van der Waals surface area contributed by atoms with Gasteiger partial charge in [-0.25, -0.2) is 0 Å². The first-order valence-electron chi connectivity index (χ1n) is 5.48. The topological polar surface area (TPSA) is 34.1 Å². The molecule has 1 N–H and O–H groups in total. The Kier molecular flexibility index (Phi) is 5.29. The van der Waals surface area contributed by atoms with Gasteiger partial charge in [0.05, 0.1) is 12.6 Å². The average molecular weight is 208 g/mol. The zero-order valence-corrected chi connectivity index (χ0v) is 9.79. The third-order valence-electron chi connectivity index (χ3n) is 2.48. The predicted molar refractivity (Wildman–Crippen MR) is 61.9 cm³/mol. The van der Waals surface area contributed by atoms with Gasteiger partial charge in [-0.1, -0.05) is 13.8 Å². The maximum absolute atomic E-state index is 5.23. The maximum atomic E-state index is 5.23. The van der Waals surface area contributed by atoms with Crippen LogP contribution in [0.2, 0.25) is 0 Å². The molecule has 0 radical (unpaired) electrons. The maximum Gasteiger partial charge on any atom is 0.0657 e. The number of hydrogen-bond donors (Lipinski definition) is 1. The lowest BCUT2D eigenvalue weighted by molar-refractivity contribution is 0.167. The van der Waals surface area contributed by atoms with Gasteiger partial charge < -0.3 is 10.1 Å². The monoisotopic (exact) mass is 208 g/mol. The van der Waals surface area contributed by atoms with E-state index in [1.54, 1.807) is 7.11 Å². The standard InChI is InChI=1S/C12H20N2O/c1-4-10-8-13-7-6-11(10)12(9-15-3)14-5-2/h6-8,12,14H,4-5,9H2,1-3H3. The third kappa shape index (κ3) is 3.29. The molecule has 1 heterocycles. The summed E-state index contributed by atoms with van der Waals surface area (Å²) in [7, 11) is 1.73. The quantitative estimate of drug-likeness (QED) is 0.775. The molecule has 3 nitrogen and oxygen atoms in total. The number of likely N-dealkylation sites (N-methyl/N-ethyl adjacent to an activating group) is 1. The van der Waals surface area contributed by atoms with Crippen LogP contribution in [-0.2, 0) is 11.2 Å². The van der Waals surface area contributed by atoms with Crippen LogP contribution in [0.15, 0.2) is 18.5 Å². The van der Waals surface area contributed by atoms with E-state index in [1.165, 1.54) is 11.1 Å². The first-order valence-corrected chi connectivity index (χ1v) is 5.48. The highest BCUT2D eigenvalue weighted by Gasteiger charge is 2.12. The molecule has 0 saturated carbocycles. The zero-order chi connectivity index (χ0) is 11.1. The molecule has 15 heavy (non-hydrogen) atoms. The Morgan fingerprint density at radius 2 is 2.27 bits per heavy atom. The molecule has 0 aliphatic rings. The van der Waals surface area contributed by atoms with Crippen molar-refractivity contribution in [2.24, 2.45) is 0 Å². The Morgan fingerprint density at radius 1 is 1.47 bits per heavy atom. The lowest BCUT2D eigenvalue weighted by atomic mass is 10.0. The molecule has 0 spiro atoms. The SMILES string of the molecule is CCNC(COC)c1ccncc1CC. The lowest BCUT2D eigenvalue weighted by Gasteiger charge is -2.19. The fourth-order valence-corrected chi connectivity index (χ4v) is 1.74. The van der Waals surface area contributed by atoms with Crippen molar-refractivity contribution in [3.63, 3.8) is 0 Å². The molecule has 1 aromatic heterocycles. The largest absolute Gasteiger partial charge is 0.383 e. The van der Waals surface area contributed by atoms with E-state index in [0.29, 0.717) is 6.61 Å². The average Bonchev–Trinajstić information content (AvgIpc) is 2.29. The summed E-state index contributed by atoms with van der Waals surface area (Å²) in [6, 6.07) is 2.35. The summed E-state index contributed by atoms with van der Waals surface area (Å²) in [5, 5.41) is 3.42. The van der Waals surface area contributed by atoms with E-state index < -0.39 is 0 Å². The molecule has 1 atom stereocenters. The number of rotatable bonds is 6. The van der Waals surface area contributed by atoms with E-state index in [9.17, 15) is 0 Å². The van der Waals surface area contributed by atoms with Crippen molar-refractivity contribution in [2.45, 2.75) is 26.3 Å². The molecule has 0 saturated heterocycles. The van der Waals surface area contributed by atoms with Crippen molar-refractivity contribution in [1.29, 1.82) is 0 Å². The zero-order valence-electron chi connectivity index (χ0n) is 9.79. The van der Waals surface area contributed by atoms with Gasteiger partial charge in [-0.05, 0) is 30.2 Å². The minimum absolute atomic E-state index is 0.276. The molecular formula is C12H20N2O. The van der Waals surface area contributed by atoms with Gasteiger partial charge in [-0.3, -0.25) is 4.98 Å². The number of nitrogens with zero attached hydrogens (tertiary/aromatic N) is 1. The molecule has 1 unspecified atom stereocenters. The second kappa shape index (κ2) is 6.53. The van der Waals surface area contributed by atoms with Crippen LogP contribution >= 0.6 is 0 Å². The van der Waals surface area contributed by atoms with Gasteiger partial charge in [0.2, 0.25) is 0 Å². The van der Waals surface area contributed by atoms with Crippen molar-refractivity contribution in [3.8, 4) is 0 Å². The summed E-state index contributed by atoms with van der Waals surface area (Å²) in [4.78, 5) is 4.15. The fraction of sp³-hybridized carbons (Fsp3) is 0.583. The molecule has 3 heteroatoms. The molecule has 0 aliphatic heterocycles. The van der Waals surface area contributed by atoms with Gasteiger partial charge in [-0.2, -0.15) is 0 Å². The van der Waals surface area contributed by atoms with E-state index >= 15 is 0 Å². The van der Waals surface area contributed by atoms with Crippen molar-refractivity contribution in [3.05, 3.63) is 29.6 Å². The van der Waals surface area contributed by atoms with Gasteiger partial charge in [0.1, 0.15) is 0 Å². The number of ether oxygens (including phenoxy) is 1. The van der Waals surface area contributed by atoms with E-state index in [4.69, 9.17) is 4.74 Å². The summed E-state index contributed by atoms with van der Waals surface area (Å²) in [6.07, 6.45) is 4.79. The van der Waals surface area contributed by atoms with E-state index in [0.717, 1.165) is 13.0 Å². The van der Waals surface area contributed by atoms with Crippen LogP contribution in [0.4, 0.5) is 0 Å². The minimum atomic E-state index is 0.276. The molecular weight excluding hydrogens is 188 g/mol. The summed E-state index contributed by atoms with van der Waals surface area (Å²) in [6.45, 7) is 5.90. The molecule has 0 bridgehead atoms. The molecule has 0 aromatic carbocycles. The van der Waals surface area contributed by atoms with Gasteiger partial charge in [0, 0.05) is 19.5 Å². The van der Waals surface area contributed by atoms with E-state index in [2.05, 4.69) is 30.2 Å². The highest BCUT2D eigenvalue weighted by molar-refractivity contribution is 5.26. The lowest BCUT2D eigenvalue weighted by Crippen LogP contribution is -2.26. The van der Waals surface area contributed by atoms with Crippen molar-refractivity contribution < 1.29 is 4.74 Å². The molecule has 84 valence electrons. The normalized spacial score (nSPS) is 12.7. The Labute approximate surface area is 91.9 Å². The van der Waals surface area contributed by atoms with Gasteiger partial charge in [0.15, 0.2) is 0 Å². The van der Waals surface area contributed by atoms with Gasteiger partial charge in [-0.15, -0.1) is 0 Å². The summed E-state index contributed by atoms with van der Waals surface area (Å²) >= 11 is 0. The summed E-state index contributed by atoms with van der Waals surface area (Å²) in [5.41, 5.74) is 2.59. The number of nitrogens with one attached hydrogen (secondary N) is 1. The van der Waals surface area contributed by atoms with Crippen LogP contribution in [0.25, 0.3) is 0 Å². The molecule has 0 amide bonds. The number of pyridine rings is 1. The van der Waals surface area contributed by atoms with Crippen LogP contribution in [0.3, 0.4) is 0 Å². The molecule has 1 aromatic rings. The van der Waals surface area contributed by atoms with Crippen molar-refractivity contribution >= 4 is 0 Å². The first-order chi connectivity index (χ1) is 7.33. The molecule has 1 rings (SSSR count). The van der Waals surface area contributed by atoms with Gasteiger partial charge >= 0.3 is 0 Å². The second-order valence-corrected chi connectivity index (χ2v) is 3.49. The Morgan fingerprint density at radius 3 is 2.87 bits per heavy atom. The number of aryl methyl sites for hydroxylation is 1. The minimum Gasteiger partial charge on any atom is -0.383 e. The third-order valence-corrected chi connectivity index (χ3v) is 2.48. The van der Waals surface area contributed by atoms with Gasteiger partial charge in [0.25, 0.3) is 0 Å². The number of aromatic nitrogens is 1. The highest BCUT2D eigenvalue weighted by Crippen LogP contribution is 2.17. The number of methoxy groups -OCH3 is 1. The van der Waals surface area contributed by atoms with Crippen molar-refractivity contribution in [1.82, 2.24) is 10.3 Å². The first kappa shape index (κ1) is 12.1. The van der Waals surface area contributed by atoms with Crippen LogP contribution in [-0.4, -0.2) is 25.2 Å². The van der Waals surface area contributed by atoms with E-state index in [1.807, 2.05) is 12.4 Å². The number of hydrogen-bond acceptors (Lipinski definition) is 3. The van der Waals surface area contributed by atoms with Crippen molar-refractivity contribution in [2.75, 3.05) is 20.3 Å². The second-order valence-electron chi connectivity index (χ2n) is 3.49. The van der Waals surface area contributed by atoms with E-state index in [-0.39, 0.29) is 6.04 Å². The van der Waals surface area contributed by atoms with Crippen LogP contribution in [0.1, 0.15) is 31.0 Å².